The molecule has 0 radical (unpaired) electrons. The van der Waals surface area contributed by atoms with Gasteiger partial charge in [0.25, 0.3) is 5.91 Å². The van der Waals surface area contributed by atoms with E-state index in [1.807, 2.05) is 0 Å². The molecule has 1 aromatic heterocycles. The lowest BCUT2D eigenvalue weighted by atomic mass is 9.94. The number of aromatic nitrogens is 1. The minimum absolute atomic E-state index is 0.0794. The molecule has 114 valence electrons. The number of fused-ring (bicyclic) bond motifs is 1. The first-order valence-electron chi connectivity index (χ1n) is 7.11. The summed E-state index contributed by atoms with van der Waals surface area (Å²) in [5.74, 6) is -1.08. The average molecular weight is 291 g/mol. The van der Waals surface area contributed by atoms with Crippen LogP contribution in [0.3, 0.4) is 0 Å². The lowest BCUT2D eigenvalue weighted by Crippen LogP contribution is -2.35. The zero-order valence-corrected chi connectivity index (χ0v) is 12.4. The van der Waals surface area contributed by atoms with E-state index in [1.54, 1.807) is 19.9 Å². The van der Waals surface area contributed by atoms with Crippen molar-refractivity contribution in [2.24, 2.45) is 5.73 Å². The van der Waals surface area contributed by atoms with Crippen LogP contribution in [0, 0.1) is 0 Å². The van der Waals surface area contributed by atoms with Crippen LogP contribution in [0.25, 0.3) is 0 Å². The molecule has 6 nitrogen and oxygen atoms in total. The highest BCUT2D eigenvalue weighted by Crippen LogP contribution is 2.27. The van der Waals surface area contributed by atoms with Gasteiger partial charge >= 0.3 is 5.97 Å². The Bertz CT molecular complexity index is 582. The van der Waals surface area contributed by atoms with Gasteiger partial charge < -0.3 is 16.2 Å². The van der Waals surface area contributed by atoms with Gasteiger partial charge in [-0.2, -0.15) is 0 Å². The van der Waals surface area contributed by atoms with Crippen molar-refractivity contribution in [2.45, 2.75) is 51.5 Å². The number of primary amides is 1. The summed E-state index contributed by atoms with van der Waals surface area (Å²) in [6, 6.07) is 1.79. The normalized spacial score (nSPS) is 14.4. The van der Waals surface area contributed by atoms with Gasteiger partial charge in [-0.25, -0.2) is 4.98 Å². The van der Waals surface area contributed by atoms with E-state index in [4.69, 9.17) is 10.8 Å². The number of amides is 1. The van der Waals surface area contributed by atoms with E-state index in [0.29, 0.717) is 11.4 Å². The minimum atomic E-state index is -0.911. The van der Waals surface area contributed by atoms with E-state index >= 15 is 0 Å². The van der Waals surface area contributed by atoms with E-state index in [1.165, 1.54) is 0 Å². The first-order valence-corrected chi connectivity index (χ1v) is 7.11. The highest BCUT2D eigenvalue weighted by atomic mass is 16.4. The number of carboxylic acid groups (broad SMARTS) is 1. The van der Waals surface area contributed by atoms with Crippen LogP contribution in [-0.4, -0.2) is 27.5 Å². The van der Waals surface area contributed by atoms with Gasteiger partial charge in [-0.1, -0.05) is 0 Å². The highest BCUT2D eigenvalue weighted by Gasteiger charge is 2.25. The van der Waals surface area contributed by atoms with Gasteiger partial charge in [-0.15, -0.1) is 0 Å². The summed E-state index contributed by atoms with van der Waals surface area (Å²) in [4.78, 5) is 27.1. The zero-order chi connectivity index (χ0) is 15.6. The van der Waals surface area contributed by atoms with Crippen LogP contribution in [0.4, 0.5) is 5.82 Å². The SMILES string of the molecule is CC(C)(CC(=O)O)Nc1nc2c(cc1C(N)=O)CCCC2. The van der Waals surface area contributed by atoms with Gasteiger partial charge in [0.15, 0.2) is 0 Å². The van der Waals surface area contributed by atoms with Crippen LogP contribution in [-0.2, 0) is 17.6 Å². The second-order valence-electron chi connectivity index (χ2n) is 6.14. The van der Waals surface area contributed by atoms with Crippen molar-refractivity contribution in [3.63, 3.8) is 0 Å². The van der Waals surface area contributed by atoms with E-state index in [2.05, 4.69) is 10.3 Å². The Morgan fingerprint density at radius 3 is 2.67 bits per heavy atom. The van der Waals surface area contributed by atoms with Crippen LogP contribution in [0.15, 0.2) is 6.07 Å². The van der Waals surface area contributed by atoms with Gasteiger partial charge in [-0.05, 0) is 51.2 Å². The standard InChI is InChI=1S/C15H21N3O3/c1-15(2,8-12(19)20)18-14-10(13(16)21)7-9-5-3-4-6-11(9)17-14/h7H,3-6,8H2,1-2H3,(H2,16,21)(H,17,18)(H,19,20). The number of rotatable bonds is 5. The van der Waals surface area contributed by atoms with Crippen LogP contribution >= 0.6 is 0 Å². The van der Waals surface area contributed by atoms with Gasteiger partial charge in [0.2, 0.25) is 0 Å². The summed E-state index contributed by atoms with van der Waals surface area (Å²) in [7, 11) is 0. The molecule has 0 aromatic carbocycles. The maximum absolute atomic E-state index is 11.6. The molecule has 1 aliphatic rings. The topological polar surface area (TPSA) is 105 Å². The molecule has 1 heterocycles. The first-order chi connectivity index (χ1) is 9.78. The van der Waals surface area contributed by atoms with E-state index in [0.717, 1.165) is 36.9 Å². The van der Waals surface area contributed by atoms with Crippen molar-refractivity contribution in [1.82, 2.24) is 4.98 Å². The molecule has 6 heteroatoms. The van der Waals surface area contributed by atoms with Crippen molar-refractivity contribution in [2.75, 3.05) is 5.32 Å². The lowest BCUT2D eigenvalue weighted by Gasteiger charge is -2.27. The Balaban J connectivity index is 2.37. The molecular formula is C15H21N3O3. The zero-order valence-electron chi connectivity index (χ0n) is 12.4. The Morgan fingerprint density at radius 1 is 1.38 bits per heavy atom. The number of hydrogen-bond acceptors (Lipinski definition) is 4. The maximum atomic E-state index is 11.6. The predicted molar refractivity (Wildman–Crippen MR) is 79.4 cm³/mol. The van der Waals surface area contributed by atoms with Crippen molar-refractivity contribution >= 4 is 17.7 Å². The number of carboxylic acids is 1. The van der Waals surface area contributed by atoms with E-state index in [9.17, 15) is 9.59 Å². The molecule has 0 bridgehead atoms. The summed E-state index contributed by atoms with van der Waals surface area (Å²) in [5.41, 5.74) is 7.08. The van der Waals surface area contributed by atoms with Crippen molar-refractivity contribution in [3.05, 3.63) is 22.9 Å². The number of carbonyl (C=O) groups is 2. The van der Waals surface area contributed by atoms with Crippen molar-refractivity contribution in [1.29, 1.82) is 0 Å². The number of nitrogens with zero attached hydrogens (tertiary/aromatic N) is 1. The maximum Gasteiger partial charge on any atom is 0.305 e. The quantitative estimate of drug-likeness (QED) is 0.766. The smallest absolute Gasteiger partial charge is 0.305 e. The van der Waals surface area contributed by atoms with E-state index in [-0.39, 0.29) is 6.42 Å². The van der Waals surface area contributed by atoms with Crippen molar-refractivity contribution in [3.8, 4) is 0 Å². The Kier molecular flexibility index (Phi) is 4.16. The number of pyridine rings is 1. The third-order valence-corrected chi connectivity index (χ3v) is 3.62. The Labute approximate surface area is 123 Å². The molecule has 0 unspecified atom stereocenters. The number of nitrogens with two attached hydrogens (primary N) is 1. The highest BCUT2D eigenvalue weighted by molar-refractivity contribution is 5.98. The fourth-order valence-corrected chi connectivity index (χ4v) is 2.66. The van der Waals surface area contributed by atoms with Gasteiger partial charge in [0, 0.05) is 11.2 Å². The number of carbonyl (C=O) groups excluding carboxylic acids is 1. The second-order valence-corrected chi connectivity index (χ2v) is 6.14. The fourth-order valence-electron chi connectivity index (χ4n) is 2.66. The van der Waals surface area contributed by atoms with Crippen LogP contribution in [0.1, 0.15) is 54.7 Å². The van der Waals surface area contributed by atoms with Gasteiger partial charge in [0.1, 0.15) is 5.82 Å². The van der Waals surface area contributed by atoms with Crippen LogP contribution < -0.4 is 11.1 Å². The number of hydrogen-bond donors (Lipinski definition) is 3. The summed E-state index contributed by atoms with van der Waals surface area (Å²) in [6.45, 7) is 3.51. The largest absolute Gasteiger partial charge is 0.481 e. The molecule has 21 heavy (non-hydrogen) atoms. The molecule has 0 aliphatic heterocycles. The average Bonchev–Trinajstić information content (AvgIpc) is 2.35. The fraction of sp³-hybridized carbons (Fsp3) is 0.533. The first kappa shape index (κ1) is 15.3. The molecule has 0 spiro atoms. The third-order valence-electron chi connectivity index (χ3n) is 3.62. The Hall–Kier alpha value is -2.11. The van der Waals surface area contributed by atoms with Crippen LogP contribution in [0.5, 0.6) is 0 Å². The van der Waals surface area contributed by atoms with E-state index < -0.39 is 17.4 Å². The van der Waals surface area contributed by atoms with Gasteiger partial charge in [0.05, 0.1) is 12.0 Å². The molecule has 0 saturated carbocycles. The number of anilines is 1. The molecule has 0 saturated heterocycles. The molecular weight excluding hydrogens is 270 g/mol. The molecule has 1 amide bonds. The number of aryl methyl sites for hydroxylation is 2. The summed E-state index contributed by atoms with van der Waals surface area (Å²) in [5, 5.41) is 12.0. The third kappa shape index (κ3) is 3.71. The van der Waals surface area contributed by atoms with Crippen LogP contribution in [0.2, 0.25) is 0 Å². The Morgan fingerprint density at radius 2 is 2.05 bits per heavy atom. The van der Waals surface area contributed by atoms with Gasteiger partial charge in [-0.3, -0.25) is 9.59 Å². The monoisotopic (exact) mass is 291 g/mol. The van der Waals surface area contributed by atoms with Crippen molar-refractivity contribution < 1.29 is 14.7 Å². The summed E-state index contributed by atoms with van der Waals surface area (Å²) in [6.07, 6.45) is 3.87. The molecule has 1 aromatic rings. The second kappa shape index (κ2) is 5.71. The summed E-state index contributed by atoms with van der Waals surface area (Å²) < 4.78 is 0. The predicted octanol–water partition coefficient (Wildman–Crippen LogP) is 1.72. The molecule has 2 rings (SSSR count). The molecule has 4 N–H and O–H groups in total. The summed E-state index contributed by atoms with van der Waals surface area (Å²) >= 11 is 0. The molecule has 0 atom stereocenters. The number of aliphatic carboxylic acids is 1. The number of nitrogens with one attached hydrogen (secondary N) is 1. The minimum Gasteiger partial charge on any atom is -0.481 e. The lowest BCUT2D eigenvalue weighted by molar-refractivity contribution is -0.137. The molecule has 0 fully saturated rings. The molecule has 1 aliphatic carbocycles.